The first-order valence-electron chi connectivity index (χ1n) is 13.5. The lowest BCUT2D eigenvalue weighted by molar-refractivity contribution is -0.156. The molecule has 9 heteroatoms. The van der Waals surface area contributed by atoms with Crippen molar-refractivity contribution in [2.45, 2.75) is 78.6 Å². The number of esters is 2. The standard InChI is InChI=1S/C29H45NO8/c1-20-12-13-29(6,34)25(37-24(5)31)11-10-23(4)27(38-26(32)18-20)22(3)9-7-8-21(2)19-36-28(33)30-14-16-35-17-15-30/h7-11,20-21,23,25,27,34H,12-19H2,1-6H3/b8-7+,11-10+,22-9+/t20-,21-,23+,25+,27-,29-/m1/s1. The van der Waals surface area contributed by atoms with Crippen LogP contribution in [0.2, 0.25) is 0 Å². The van der Waals surface area contributed by atoms with Crippen molar-refractivity contribution >= 4 is 18.0 Å². The molecule has 0 aliphatic carbocycles. The number of rotatable bonds is 6. The van der Waals surface area contributed by atoms with E-state index in [1.54, 1.807) is 17.9 Å². The lowest BCUT2D eigenvalue weighted by Gasteiger charge is -2.32. The first-order chi connectivity index (χ1) is 17.9. The van der Waals surface area contributed by atoms with Gasteiger partial charge in [-0.15, -0.1) is 0 Å². The minimum absolute atomic E-state index is 0.00322. The van der Waals surface area contributed by atoms with Gasteiger partial charge in [0.25, 0.3) is 0 Å². The summed E-state index contributed by atoms with van der Waals surface area (Å²) in [6.45, 7) is 13.1. The number of carbonyl (C=O) groups is 3. The van der Waals surface area contributed by atoms with Gasteiger partial charge in [0.2, 0.25) is 0 Å². The van der Waals surface area contributed by atoms with Crippen LogP contribution in [-0.2, 0) is 28.5 Å². The van der Waals surface area contributed by atoms with E-state index < -0.39 is 23.8 Å². The van der Waals surface area contributed by atoms with Crippen LogP contribution in [0.15, 0.2) is 36.0 Å². The maximum Gasteiger partial charge on any atom is 0.409 e. The fourth-order valence-electron chi connectivity index (χ4n) is 4.39. The molecule has 9 nitrogen and oxygen atoms in total. The summed E-state index contributed by atoms with van der Waals surface area (Å²) in [6.07, 6.45) is 8.72. The highest BCUT2D eigenvalue weighted by atomic mass is 16.6. The van der Waals surface area contributed by atoms with Crippen LogP contribution in [0.4, 0.5) is 4.79 Å². The van der Waals surface area contributed by atoms with E-state index in [9.17, 15) is 19.5 Å². The molecule has 0 bridgehead atoms. The molecule has 38 heavy (non-hydrogen) atoms. The number of allylic oxidation sites excluding steroid dienone is 2. The van der Waals surface area contributed by atoms with Crippen molar-refractivity contribution < 1.29 is 38.4 Å². The fourth-order valence-corrected chi connectivity index (χ4v) is 4.39. The number of hydrogen-bond donors (Lipinski definition) is 1. The minimum atomic E-state index is -1.26. The maximum absolute atomic E-state index is 12.7. The molecule has 2 aliphatic heterocycles. The third kappa shape index (κ3) is 10.6. The zero-order valence-corrected chi connectivity index (χ0v) is 23.7. The van der Waals surface area contributed by atoms with Gasteiger partial charge in [0.15, 0.2) is 0 Å². The van der Waals surface area contributed by atoms with Gasteiger partial charge < -0.3 is 29.0 Å². The topological polar surface area (TPSA) is 112 Å². The molecule has 2 aliphatic rings. The van der Waals surface area contributed by atoms with Gasteiger partial charge in [0.1, 0.15) is 17.8 Å². The number of carbonyl (C=O) groups excluding carboxylic acids is 3. The molecule has 1 fully saturated rings. The summed E-state index contributed by atoms with van der Waals surface area (Å²) in [4.78, 5) is 38.2. The van der Waals surface area contributed by atoms with Crippen LogP contribution in [0.3, 0.4) is 0 Å². The Bertz CT molecular complexity index is 887. The van der Waals surface area contributed by atoms with Crippen molar-refractivity contribution in [1.82, 2.24) is 4.90 Å². The summed E-state index contributed by atoms with van der Waals surface area (Å²) < 4.78 is 22.0. The van der Waals surface area contributed by atoms with Crippen LogP contribution < -0.4 is 0 Å². The first kappa shape index (κ1) is 31.6. The average molecular weight is 536 g/mol. The molecular formula is C29H45NO8. The maximum atomic E-state index is 12.7. The minimum Gasteiger partial charge on any atom is -0.457 e. The second kappa shape index (κ2) is 15.1. The van der Waals surface area contributed by atoms with Crippen LogP contribution in [0.5, 0.6) is 0 Å². The monoisotopic (exact) mass is 535 g/mol. The van der Waals surface area contributed by atoms with Gasteiger partial charge in [-0.3, -0.25) is 9.59 Å². The smallest absolute Gasteiger partial charge is 0.409 e. The zero-order chi connectivity index (χ0) is 28.3. The highest BCUT2D eigenvalue weighted by Crippen LogP contribution is 2.28. The van der Waals surface area contributed by atoms with Gasteiger partial charge in [-0.2, -0.15) is 0 Å². The lowest BCUT2D eigenvalue weighted by atomic mass is 9.87. The molecule has 0 spiro atoms. The van der Waals surface area contributed by atoms with Crippen LogP contribution in [-0.4, -0.2) is 78.8 Å². The molecular weight excluding hydrogens is 490 g/mol. The molecule has 1 N–H and O–H groups in total. The first-order valence-corrected chi connectivity index (χ1v) is 13.5. The third-order valence-corrected chi connectivity index (χ3v) is 6.88. The van der Waals surface area contributed by atoms with Gasteiger partial charge in [-0.1, -0.05) is 45.1 Å². The van der Waals surface area contributed by atoms with E-state index >= 15 is 0 Å². The van der Waals surface area contributed by atoms with Crippen LogP contribution in [0.25, 0.3) is 0 Å². The van der Waals surface area contributed by atoms with E-state index in [1.165, 1.54) is 6.92 Å². The number of ether oxygens (including phenoxy) is 4. The Morgan fingerprint density at radius 2 is 1.92 bits per heavy atom. The molecule has 0 aromatic heterocycles. The third-order valence-electron chi connectivity index (χ3n) is 6.88. The molecule has 0 radical (unpaired) electrons. The Kier molecular flexibility index (Phi) is 12.5. The van der Waals surface area contributed by atoms with Crippen LogP contribution in [0, 0.1) is 17.8 Å². The quantitative estimate of drug-likeness (QED) is 0.233. The van der Waals surface area contributed by atoms with E-state index in [0.29, 0.717) is 39.1 Å². The summed E-state index contributed by atoms with van der Waals surface area (Å²) in [7, 11) is 0. The molecule has 214 valence electrons. The Morgan fingerprint density at radius 3 is 2.58 bits per heavy atom. The predicted molar refractivity (Wildman–Crippen MR) is 143 cm³/mol. The number of hydrogen-bond acceptors (Lipinski definition) is 8. The van der Waals surface area contributed by atoms with E-state index in [1.807, 2.05) is 52.0 Å². The summed E-state index contributed by atoms with van der Waals surface area (Å²) in [5.41, 5.74) is -0.422. The number of nitrogens with zero attached hydrogens (tertiary/aromatic N) is 1. The van der Waals surface area contributed by atoms with Gasteiger partial charge in [0, 0.05) is 38.3 Å². The van der Waals surface area contributed by atoms with Gasteiger partial charge in [-0.25, -0.2) is 4.79 Å². The van der Waals surface area contributed by atoms with E-state index in [-0.39, 0.29) is 42.8 Å². The second-order valence-electron chi connectivity index (χ2n) is 10.8. The number of aliphatic hydroxyl groups is 1. The van der Waals surface area contributed by atoms with Crippen molar-refractivity contribution in [3.63, 3.8) is 0 Å². The second-order valence-corrected chi connectivity index (χ2v) is 10.8. The molecule has 0 saturated carbocycles. The highest BCUT2D eigenvalue weighted by molar-refractivity contribution is 5.70. The lowest BCUT2D eigenvalue weighted by Crippen LogP contribution is -2.41. The van der Waals surface area contributed by atoms with E-state index in [0.717, 1.165) is 5.57 Å². The number of amides is 1. The Morgan fingerprint density at radius 1 is 1.24 bits per heavy atom. The van der Waals surface area contributed by atoms with Crippen molar-refractivity contribution in [2.75, 3.05) is 32.9 Å². The predicted octanol–water partition coefficient (Wildman–Crippen LogP) is 4.20. The summed E-state index contributed by atoms with van der Waals surface area (Å²) in [5, 5.41) is 11.0. The van der Waals surface area contributed by atoms with Crippen LogP contribution >= 0.6 is 0 Å². The van der Waals surface area contributed by atoms with E-state index in [4.69, 9.17) is 18.9 Å². The summed E-state index contributed by atoms with van der Waals surface area (Å²) in [6, 6.07) is 0. The number of cyclic esters (lactones) is 1. The van der Waals surface area contributed by atoms with Crippen molar-refractivity contribution in [2.24, 2.45) is 17.8 Å². The molecule has 2 heterocycles. The van der Waals surface area contributed by atoms with Crippen LogP contribution in [0.1, 0.15) is 60.8 Å². The molecule has 0 unspecified atom stereocenters. The normalized spacial score (nSPS) is 31.5. The summed E-state index contributed by atoms with van der Waals surface area (Å²) >= 11 is 0. The van der Waals surface area contributed by atoms with Gasteiger partial charge >= 0.3 is 18.0 Å². The van der Waals surface area contributed by atoms with Gasteiger partial charge in [0.05, 0.1) is 19.8 Å². The SMILES string of the molecule is CC(=O)O[C@H]1/C=C/[C@H](C)[C@@H](/C(C)=C/C=C/[C@@H](C)COC(=O)N2CCOCC2)OC(=O)C[C@H](C)CC[C@@]1(C)O. The van der Waals surface area contributed by atoms with Gasteiger partial charge in [-0.05, 0) is 44.3 Å². The molecule has 6 atom stereocenters. The van der Waals surface area contributed by atoms with Crippen molar-refractivity contribution in [3.05, 3.63) is 36.0 Å². The van der Waals surface area contributed by atoms with Crippen molar-refractivity contribution in [1.29, 1.82) is 0 Å². The molecule has 0 aromatic carbocycles. The molecule has 1 amide bonds. The number of morpholine rings is 1. The zero-order valence-electron chi connectivity index (χ0n) is 23.7. The highest BCUT2D eigenvalue weighted by Gasteiger charge is 2.34. The Hall–Kier alpha value is -2.65. The average Bonchev–Trinajstić information content (AvgIpc) is 2.86. The van der Waals surface area contributed by atoms with Crippen molar-refractivity contribution in [3.8, 4) is 0 Å². The fraction of sp³-hybridized carbons (Fsp3) is 0.690. The Balaban J connectivity index is 2.10. The molecule has 2 rings (SSSR count). The molecule has 0 aromatic rings. The summed E-state index contributed by atoms with van der Waals surface area (Å²) in [5.74, 6) is -1.01. The van der Waals surface area contributed by atoms with E-state index in [2.05, 4.69) is 0 Å². The Labute approximate surface area is 226 Å². The largest absolute Gasteiger partial charge is 0.457 e. The molecule has 1 saturated heterocycles.